The van der Waals surface area contributed by atoms with Gasteiger partial charge < -0.3 is 0 Å². The third-order valence-corrected chi connectivity index (χ3v) is 3.45. The van der Waals surface area contributed by atoms with E-state index in [4.69, 9.17) is 11.6 Å². The van der Waals surface area contributed by atoms with Crippen LogP contribution < -0.4 is 5.43 Å². The summed E-state index contributed by atoms with van der Waals surface area (Å²) < 4.78 is 0. The van der Waals surface area contributed by atoms with Gasteiger partial charge in [-0.15, -0.1) is 11.3 Å². The molecule has 0 saturated heterocycles. The van der Waals surface area contributed by atoms with Gasteiger partial charge in [0.15, 0.2) is 0 Å². The maximum Gasteiger partial charge on any atom is 0.281 e. The van der Waals surface area contributed by atoms with Crippen LogP contribution in [0.1, 0.15) is 22.2 Å². The molecule has 3 nitrogen and oxygen atoms in total. The summed E-state index contributed by atoms with van der Waals surface area (Å²) in [5.41, 5.74) is 4.18. The number of hydrogen-bond donors (Lipinski definition) is 1. The van der Waals surface area contributed by atoms with Crippen LogP contribution in [0.2, 0.25) is 5.02 Å². The molecule has 1 N–H and O–H groups in total. The summed E-state index contributed by atoms with van der Waals surface area (Å²) >= 11 is 7.18. The zero-order valence-electron chi connectivity index (χ0n) is 9.68. The topological polar surface area (TPSA) is 41.5 Å². The van der Waals surface area contributed by atoms with Gasteiger partial charge in [0.25, 0.3) is 5.91 Å². The molecule has 1 aromatic carbocycles. The van der Waals surface area contributed by atoms with Gasteiger partial charge >= 0.3 is 0 Å². The molecule has 0 unspecified atom stereocenters. The number of hydrazone groups is 1. The van der Waals surface area contributed by atoms with E-state index in [1.807, 2.05) is 30.5 Å². The molecule has 92 valence electrons. The summed E-state index contributed by atoms with van der Waals surface area (Å²) in [4.78, 5) is 12.3. The molecule has 1 amide bonds. The van der Waals surface area contributed by atoms with Gasteiger partial charge in [0.1, 0.15) is 0 Å². The number of carbonyl (C=O) groups is 1. The van der Waals surface area contributed by atoms with E-state index in [1.165, 1.54) is 11.3 Å². The Morgan fingerprint density at radius 1 is 1.28 bits per heavy atom. The normalized spacial score (nSPS) is 11.3. The number of nitrogens with one attached hydrogen (secondary N) is 1. The Kier molecular flexibility index (Phi) is 4.12. The Morgan fingerprint density at radius 2 is 2.00 bits per heavy atom. The average molecular weight is 279 g/mol. The second-order valence-corrected chi connectivity index (χ2v) is 5.01. The Hall–Kier alpha value is -1.65. The van der Waals surface area contributed by atoms with Gasteiger partial charge in [-0.3, -0.25) is 4.79 Å². The van der Waals surface area contributed by atoms with Crippen LogP contribution in [0, 0.1) is 0 Å². The zero-order valence-corrected chi connectivity index (χ0v) is 11.3. The predicted octanol–water partition coefficient (Wildman–Crippen LogP) is 3.56. The van der Waals surface area contributed by atoms with Crippen LogP contribution in [0.3, 0.4) is 0 Å². The highest BCUT2D eigenvalue weighted by atomic mass is 35.5. The number of nitrogens with zero attached hydrogens (tertiary/aromatic N) is 1. The fourth-order valence-electron chi connectivity index (χ4n) is 1.35. The number of hydrogen-bond acceptors (Lipinski definition) is 3. The van der Waals surface area contributed by atoms with Crippen molar-refractivity contribution in [1.29, 1.82) is 0 Å². The number of carbonyl (C=O) groups excluding carboxylic acids is 1. The quantitative estimate of drug-likeness (QED) is 0.677. The number of amides is 1. The maximum atomic E-state index is 11.7. The molecule has 1 heterocycles. The molecule has 0 aliphatic carbocycles. The Labute approximate surface area is 114 Å². The van der Waals surface area contributed by atoms with Crippen molar-refractivity contribution in [2.45, 2.75) is 6.92 Å². The van der Waals surface area contributed by atoms with Gasteiger partial charge in [0.2, 0.25) is 0 Å². The fourth-order valence-corrected chi connectivity index (χ4v) is 2.09. The lowest BCUT2D eigenvalue weighted by Crippen LogP contribution is -2.18. The SMILES string of the molecule is CC(=NNC(=O)c1cccs1)c1ccc(Cl)cc1. The number of halogens is 1. The molecule has 5 heteroatoms. The van der Waals surface area contributed by atoms with Crippen LogP contribution in [-0.4, -0.2) is 11.6 Å². The summed E-state index contributed by atoms with van der Waals surface area (Å²) in [5.74, 6) is -0.196. The van der Waals surface area contributed by atoms with Gasteiger partial charge in [-0.1, -0.05) is 29.8 Å². The van der Waals surface area contributed by atoms with Crippen LogP contribution in [0.5, 0.6) is 0 Å². The van der Waals surface area contributed by atoms with Crippen molar-refractivity contribution in [1.82, 2.24) is 5.43 Å². The molecular formula is C13H11ClN2OS. The first-order valence-electron chi connectivity index (χ1n) is 5.31. The van der Waals surface area contributed by atoms with Crippen LogP contribution in [-0.2, 0) is 0 Å². The van der Waals surface area contributed by atoms with Crippen LogP contribution in [0.4, 0.5) is 0 Å². The molecule has 2 rings (SSSR count). The molecule has 0 aliphatic heterocycles. The van der Waals surface area contributed by atoms with Gasteiger partial charge in [-0.05, 0) is 36.1 Å². The van der Waals surface area contributed by atoms with Crippen LogP contribution >= 0.6 is 22.9 Å². The van der Waals surface area contributed by atoms with Crippen molar-refractivity contribution < 1.29 is 4.79 Å². The minimum atomic E-state index is -0.196. The summed E-state index contributed by atoms with van der Waals surface area (Å²) in [6.45, 7) is 1.83. The third kappa shape index (κ3) is 3.18. The van der Waals surface area contributed by atoms with E-state index in [-0.39, 0.29) is 5.91 Å². The maximum absolute atomic E-state index is 11.7. The van der Waals surface area contributed by atoms with Crippen molar-refractivity contribution in [3.8, 4) is 0 Å². The van der Waals surface area contributed by atoms with Crippen molar-refractivity contribution in [3.63, 3.8) is 0 Å². The van der Waals surface area contributed by atoms with Crippen molar-refractivity contribution in [3.05, 3.63) is 57.2 Å². The van der Waals surface area contributed by atoms with Gasteiger partial charge in [0.05, 0.1) is 10.6 Å². The van der Waals surface area contributed by atoms with Gasteiger partial charge in [0, 0.05) is 5.02 Å². The van der Waals surface area contributed by atoms with E-state index >= 15 is 0 Å². The van der Waals surface area contributed by atoms with Gasteiger partial charge in [-0.25, -0.2) is 5.43 Å². The van der Waals surface area contributed by atoms with E-state index in [1.54, 1.807) is 18.2 Å². The molecule has 0 radical (unpaired) electrons. The smallest absolute Gasteiger partial charge is 0.266 e. The largest absolute Gasteiger partial charge is 0.281 e. The molecule has 0 atom stereocenters. The molecule has 0 aliphatic rings. The van der Waals surface area contributed by atoms with Gasteiger partial charge in [-0.2, -0.15) is 5.10 Å². The summed E-state index contributed by atoms with van der Waals surface area (Å²) in [6, 6.07) is 10.9. The summed E-state index contributed by atoms with van der Waals surface area (Å²) in [6.07, 6.45) is 0. The first kappa shape index (κ1) is 12.8. The summed E-state index contributed by atoms with van der Waals surface area (Å²) in [7, 11) is 0. The van der Waals surface area contributed by atoms with E-state index in [0.29, 0.717) is 9.90 Å². The first-order valence-corrected chi connectivity index (χ1v) is 6.56. The molecule has 0 bridgehead atoms. The fraction of sp³-hybridized carbons (Fsp3) is 0.0769. The van der Waals surface area contributed by atoms with Crippen molar-refractivity contribution in [2.24, 2.45) is 5.10 Å². The Balaban J connectivity index is 2.05. The minimum Gasteiger partial charge on any atom is -0.266 e. The first-order chi connectivity index (χ1) is 8.66. The highest BCUT2D eigenvalue weighted by Crippen LogP contribution is 2.10. The van der Waals surface area contributed by atoms with E-state index < -0.39 is 0 Å². The number of benzene rings is 1. The third-order valence-electron chi connectivity index (χ3n) is 2.33. The zero-order chi connectivity index (χ0) is 13.0. The molecule has 0 saturated carbocycles. The molecule has 0 spiro atoms. The molecule has 2 aromatic rings. The lowest BCUT2D eigenvalue weighted by Gasteiger charge is -2.01. The van der Waals surface area contributed by atoms with Crippen LogP contribution in [0.25, 0.3) is 0 Å². The van der Waals surface area contributed by atoms with Crippen molar-refractivity contribution >= 4 is 34.6 Å². The lowest BCUT2D eigenvalue weighted by atomic mass is 10.1. The monoisotopic (exact) mass is 278 g/mol. The van der Waals surface area contributed by atoms with E-state index in [0.717, 1.165) is 11.3 Å². The highest BCUT2D eigenvalue weighted by molar-refractivity contribution is 7.12. The molecule has 1 aromatic heterocycles. The van der Waals surface area contributed by atoms with Crippen LogP contribution in [0.15, 0.2) is 46.9 Å². The van der Waals surface area contributed by atoms with E-state index in [9.17, 15) is 4.79 Å². The van der Waals surface area contributed by atoms with Crippen molar-refractivity contribution in [2.75, 3.05) is 0 Å². The second kappa shape index (κ2) is 5.80. The standard InChI is InChI=1S/C13H11ClN2OS/c1-9(10-4-6-11(14)7-5-10)15-16-13(17)12-3-2-8-18-12/h2-8H,1H3,(H,16,17). The Morgan fingerprint density at radius 3 is 2.61 bits per heavy atom. The predicted molar refractivity (Wildman–Crippen MR) is 75.4 cm³/mol. The summed E-state index contributed by atoms with van der Waals surface area (Å²) in [5, 5.41) is 6.59. The number of rotatable bonds is 3. The second-order valence-electron chi connectivity index (χ2n) is 3.62. The molecular weight excluding hydrogens is 268 g/mol. The average Bonchev–Trinajstić information content (AvgIpc) is 2.90. The highest BCUT2D eigenvalue weighted by Gasteiger charge is 2.05. The lowest BCUT2D eigenvalue weighted by molar-refractivity contribution is 0.0959. The molecule has 0 fully saturated rings. The number of thiophene rings is 1. The van der Waals surface area contributed by atoms with E-state index in [2.05, 4.69) is 10.5 Å². The molecule has 18 heavy (non-hydrogen) atoms. The minimum absolute atomic E-state index is 0.196. The Bertz CT molecular complexity index is 561.